The zero-order chi connectivity index (χ0) is 4.28. The molecule has 0 heterocycles. The van der Waals surface area contributed by atoms with Crippen molar-refractivity contribution in [3.8, 4) is 0 Å². The maximum atomic E-state index is 9.12. The standard InChI is InChI=1S/C2H4O3.Li.H/c3-1-2(4)5;;/h3H,1H2,(H,4,5);;. The summed E-state index contributed by atoms with van der Waals surface area (Å²) in [7, 11) is 0. The average Bonchev–Trinajstić information content (AvgIpc) is 1.38. The van der Waals surface area contributed by atoms with Crippen LogP contribution in [0.2, 0.25) is 0 Å². The van der Waals surface area contributed by atoms with Crippen molar-refractivity contribution < 1.29 is 15.0 Å². The Kier molecular flexibility index (Phi) is 7.87. The molecule has 6 heavy (non-hydrogen) atoms. The van der Waals surface area contributed by atoms with Crippen LogP contribution in [0.25, 0.3) is 0 Å². The number of aliphatic carboxylic acids is 1. The second-order valence-corrected chi connectivity index (χ2v) is 0.552. The third-order valence-electron chi connectivity index (χ3n) is 0.135. The van der Waals surface area contributed by atoms with Crippen molar-refractivity contribution in [2.45, 2.75) is 0 Å². The quantitative estimate of drug-likeness (QED) is 0.377. The first-order valence-corrected chi connectivity index (χ1v) is 1.10. The van der Waals surface area contributed by atoms with E-state index in [1.54, 1.807) is 0 Å². The van der Waals surface area contributed by atoms with E-state index in [1.807, 2.05) is 0 Å². The molecular formula is C2H5LiO3. The molecule has 0 unspecified atom stereocenters. The van der Waals surface area contributed by atoms with Gasteiger partial charge in [-0.05, 0) is 0 Å². The topological polar surface area (TPSA) is 57.5 Å². The van der Waals surface area contributed by atoms with Crippen molar-refractivity contribution in [1.29, 1.82) is 0 Å². The summed E-state index contributed by atoms with van der Waals surface area (Å²) in [6, 6.07) is 0. The van der Waals surface area contributed by atoms with Crippen LogP contribution in [0.4, 0.5) is 0 Å². The van der Waals surface area contributed by atoms with Gasteiger partial charge < -0.3 is 10.2 Å². The zero-order valence-electron chi connectivity index (χ0n) is 2.51. The summed E-state index contributed by atoms with van der Waals surface area (Å²) in [6.07, 6.45) is 0. The normalized spacial score (nSPS) is 6.17. The summed E-state index contributed by atoms with van der Waals surface area (Å²) < 4.78 is 0. The SMILES string of the molecule is O=C(O)CO.[LiH]. The van der Waals surface area contributed by atoms with Gasteiger partial charge in [0.2, 0.25) is 0 Å². The summed E-state index contributed by atoms with van der Waals surface area (Å²) in [4.78, 5) is 9.12. The van der Waals surface area contributed by atoms with Crippen molar-refractivity contribution in [2.75, 3.05) is 6.61 Å². The van der Waals surface area contributed by atoms with Gasteiger partial charge in [0.05, 0.1) is 0 Å². The van der Waals surface area contributed by atoms with E-state index in [1.165, 1.54) is 0 Å². The molecule has 0 aliphatic rings. The van der Waals surface area contributed by atoms with Gasteiger partial charge in [0.15, 0.2) is 0 Å². The molecule has 0 saturated heterocycles. The average molecular weight is 84.0 g/mol. The number of carboxylic acid groups (broad SMARTS) is 1. The predicted molar refractivity (Wildman–Crippen MR) is 21.9 cm³/mol. The van der Waals surface area contributed by atoms with Crippen molar-refractivity contribution in [3.63, 3.8) is 0 Å². The summed E-state index contributed by atoms with van der Waals surface area (Å²) in [5.41, 5.74) is 0. The van der Waals surface area contributed by atoms with Gasteiger partial charge in [-0.1, -0.05) is 0 Å². The Morgan fingerprint density at radius 2 is 1.83 bits per heavy atom. The Hall–Kier alpha value is 0.0274. The molecule has 4 heteroatoms. The number of hydrogen-bond donors (Lipinski definition) is 2. The molecule has 0 saturated carbocycles. The molecule has 0 amide bonds. The van der Waals surface area contributed by atoms with Gasteiger partial charge in [0, 0.05) is 0 Å². The summed E-state index contributed by atoms with van der Waals surface area (Å²) in [5, 5.41) is 15.0. The first-order valence-electron chi connectivity index (χ1n) is 1.10. The summed E-state index contributed by atoms with van der Waals surface area (Å²) in [6.45, 7) is -0.778. The Morgan fingerprint density at radius 3 is 1.83 bits per heavy atom. The predicted octanol–water partition coefficient (Wildman–Crippen LogP) is -1.59. The molecule has 0 bridgehead atoms. The second-order valence-electron chi connectivity index (χ2n) is 0.552. The van der Waals surface area contributed by atoms with Crippen molar-refractivity contribution in [1.82, 2.24) is 0 Å². The number of carboxylic acids is 1. The third kappa shape index (κ3) is 8.98. The summed E-state index contributed by atoms with van der Waals surface area (Å²) in [5.74, 6) is -1.19. The second kappa shape index (κ2) is 5.03. The van der Waals surface area contributed by atoms with Gasteiger partial charge in [-0.25, -0.2) is 4.79 Å². The van der Waals surface area contributed by atoms with Crippen LogP contribution >= 0.6 is 0 Å². The van der Waals surface area contributed by atoms with E-state index >= 15 is 0 Å². The molecule has 0 spiro atoms. The van der Waals surface area contributed by atoms with Crippen LogP contribution < -0.4 is 0 Å². The first-order chi connectivity index (χ1) is 2.27. The number of rotatable bonds is 1. The van der Waals surface area contributed by atoms with E-state index in [-0.39, 0.29) is 18.9 Å². The van der Waals surface area contributed by atoms with Crippen molar-refractivity contribution >= 4 is 24.8 Å². The maximum absolute atomic E-state index is 9.12. The fourth-order valence-electron chi connectivity index (χ4n) is 0. The van der Waals surface area contributed by atoms with Crippen molar-refractivity contribution in [3.05, 3.63) is 0 Å². The van der Waals surface area contributed by atoms with E-state index in [9.17, 15) is 0 Å². The van der Waals surface area contributed by atoms with Crippen LogP contribution in [-0.2, 0) is 4.79 Å². The van der Waals surface area contributed by atoms with Gasteiger partial charge in [-0.2, -0.15) is 0 Å². The Morgan fingerprint density at radius 1 is 1.67 bits per heavy atom. The Bertz CT molecular complexity index is 44.1. The first kappa shape index (κ1) is 9.39. The van der Waals surface area contributed by atoms with Crippen LogP contribution in [0.5, 0.6) is 0 Å². The molecule has 0 aliphatic carbocycles. The van der Waals surface area contributed by atoms with Crippen LogP contribution in [0.3, 0.4) is 0 Å². The van der Waals surface area contributed by atoms with Gasteiger partial charge in [0.25, 0.3) is 0 Å². The van der Waals surface area contributed by atoms with Gasteiger partial charge in [-0.15, -0.1) is 0 Å². The van der Waals surface area contributed by atoms with E-state index < -0.39 is 12.6 Å². The van der Waals surface area contributed by atoms with Gasteiger partial charge in [-0.3, -0.25) is 0 Å². The fraction of sp³-hybridized carbons (Fsp3) is 0.500. The molecule has 0 atom stereocenters. The number of hydrogen-bond acceptors (Lipinski definition) is 2. The van der Waals surface area contributed by atoms with Crippen LogP contribution in [-0.4, -0.2) is 41.6 Å². The Balaban J connectivity index is 0. The van der Waals surface area contributed by atoms with Crippen LogP contribution in [0.15, 0.2) is 0 Å². The molecule has 0 fully saturated rings. The molecule has 0 aromatic rings. The Labute approximate surface area is 47.2 Å². The molecule has 0 aromatic heterocycles. The molecule has 2 N–H and O–H groups in total. The fourth-order valence-corrected chi connectivity index (χ4v) is 0. The zero-order valence-corrected chi connectivity index (χ0v) is 2.51. The molecule has 0 rings (SSSR count). The minimum atomic E-state index is -1.19. The van der Waals surface area contributed by atoms with Crippen LogP contribution in [0, 0.1) is 0 Å². The summed E-state index contributed by atoms with van der Waals surface area (Å²) >= 11 is 0. The molecule has 0 radical (unpaired) electrons. The molecular weight excluding hydrogens is 79.0 g/mol. The minimum absolute atomic E-state index is 0. The molecule has 0 aliphatic heterocycles. The molecule has 0 aromatic carbocycles. The van der Waals surface area contributed by atoms with Gasteiger partial charge >= 0.3 is 24.8 Å². The third-order valence-corrected chi connectivity index (χ3v) is 0.135. The van der Waals surface area contributed by atoms with E-state index in [0.29, 0.717) is 0 Å². The molecule has 32 valence electrons. The molecule has 3 nitrogen and oxygen atoms in total. The van der Waals surface area contributed by atoms with Gasteiger partial charge in [0.1, 0.15) is 6.61 Å². The number of aliphatic hydroxyl groups is 1. The van der Waals surface area contributed by atoms with E-state index in [0.717, 1.165) is 0 Å². The van der Waals surface area contributed by atoms with Crippen LogP contribution in [0.1, 0.15) is 0 Å². The number of carbonyl (C=O) groups is 1. The van der Waals surface area contributed by atoms with E-state index in [4.69, 9.17) is 15.0 Å². The van der Waals surface area contributed by atoms with Crippen molar-refractivity contribution in [2.24, 2.45) is 0 Å². The van der Waals surface area contributed by atoms with E-state index in [2.05, 4.69) is 0 Å². The number of aliphatic hydroxyl groups excluding tert-OH is 1. The monoisotopic (exact) mass is 84.0 g/mol.